The molecule has 0 aliphatic rings. The number of nitrogens with one attached hydrogen (secondary N) is 1. The Balaban J connectivity index is 2.29. The van der Waals surface area contributed by atoms with Crippen molar-refractivity contribution in [3.63, 3.8) is 0 Å². The zero-order chi connectivity index (χ0) is 14.1. The lowest BCUT2D eigenvalue weighted by Crippen LogP contribution is -2.11. The Labute approximate surface area is 116 Å². The molecule has 0 saturated heterocycles. The third kappa shape index (κ3) is 6.26. The highest BCUT2D eigenvalue weighted by Crippen LogP contribution is 2.21. The van der Waals surface area contributed by atoms with Crippen LogP contribution in [0.2, 0.25) is 0 Å². The van der Waals surface area contributed by atoms with Crippen molar-refractivity contribution in [3.8, 4) is 11.8 Å². The van der Waals surface area contributed by atoms with Gasteiger partial charge in [0.2, 0.25) is 0 Å². The lowest BCUT2D eigenvalue weighted by Gasteiger charge is -2.14. The van der Waals surface area contributed by atoms with Gasteiger partial charge < -0.3 is 10.1 Å². The molecule has 104 valence electrons. The van der Waals surface area contributed by atoms with Crippen molar-refractivity contribution in [1.82, 2.24) is 5.32 Å². The lowest BCUT2D eigenvalue weighted by atomic mass is 9.90. The van der Waals surface area contributed by atoms with Crippen molar-refractivity contribution in [1.29, 1.82) is 5.26 Å². The Hall–Kier alpha value is -1.53. The lowest BCUT2D eigenvalue weighted by molar-refractivity contribution is 0.284. The van der Waals surface area contributed by atoms with Crippen molar-refractivity contribution in [2.24, 2.45) is 5.41 Å². The summed E-state index contributed by atoms with van der Waals surface area (Å²) in [5, 5.41) is 12.2. The summed E-state index contributed by atoms with van der Waals surface area (Å²) in [6, 6.07) is 10.5. The normalized spacial score (nSPS) is 11.1. The van der Waals surface area contributed by atoms with Gasteiger partial charge in [0.05, 0.1) is 18.1 Å². The summed E-state index contributed by atoms with van der Waals surface area (Å²) >= 11 is 0. The van der Waals surface area contributed by atoms with Crippen LogP contribution in [0.5, 0.6) is 5.75 Å². The Morgan fingerprint density at radius 3 is 2.53 bits per heavy atom. The van der Waals surface area contributed by atoms with Crippen molar-refractivity contribution in [2.75, 3.05) is 13.2 Å². The molecule has 1 aromatic carbocycles. The van der Waals surface area contributed by atoms with E-state index in [-0.39, 0.29) is 5.41 Å². The van der Waals surface area contributed by atoms with Gasteiger partial charge in [-0.2, -0.15) is 5.26 Å². The van der Waals surface area contributed by atoms with Crippen LogP contribution in [0.1, 0.15) is 39.2 Å². The molecule has 1 N–H and O–H groups in total. The summed E-state index contributed by atoms with van der Waals surface area (Å²) in [5.41, 5.74) is 1.01. The van der Waals surface area contributed by atoms with E-state index in [0.29, 0.717) is 6.61 Å². The van der Waals surface area contributed by atoms with Crippen LogP contribution in [0.15, 0.2) is 24.3 Å². The number of nitriles is 1. The Morgan fingerprint density at radius 2 is 1.95 bits per heavy atom. The zero-order valence-corrected chi connectivity index (χ0v) is 12.2. The molecule has 3 nitrogen and oxygen atoms in total. The van der Waals surface area contributed by atoms with Gasteiger partial charge >= 0.3 is 0 Å². The molecule has 0 amide bonds. The third-order valence-electron chi connectivity index (χ3n) is 3.02. The van der Waals surface area contributed by atoms with Crippen molar-refractivity contribution < 1.29 is 4.74 Å². The van der Waals surface area contributed by atoms with Crippen LogP contribution < -0.4 is 10.1 Å². The molecule has 0 saturated carbocycles. The molecule has 0 spiro atoms. The Morgan fingerprint density at radius 1 is 1.26 bits per heavy atom. The van der Waals surface area contributed by atoms with E-state index in [1.807, 2.05) is 26.0 Å². The van der Waals surface area contributed by atoms with Crippen LogP contribution in [0.3, 0.4) is 0 Å². The second-order valence-corrected chi connectivity index (χ2v) is 5.37. The molecule has 1 rings (SSSR count). The molecule has 0 heterocycles. The molecule has 0 bridgehead atoms. The average molecular weight is 260 g/mol. The maximum absolute atomic E-state index is 8.92. The van der Waals surface area contributed by atoms with E-state index in [2.05, 4.69) is 30.4 Å². The second kappa shape index (κ2) is 7.81. The maximum Gasteiger partial charge on any atom is 0.119 e. The Kier molecular flexibility index (Phi) is 6.38. The molecule has 19 heavy (non-hydrogen) atoms. The summed E-state index contributed by atoms with van der Waals surface area (Å²) in [5.74, 6) is 0.898. The van der Waals surface area contributed by atoms with Crippen LogP contribution in [-0.2, 0) is 6.54 Å². The fraction of sp³-hybridized carbons (Fsp3) is 0.562. The minimum Gasteiger partial charge on any atom is -0.494 e. The first-order valence-electron chi connectivity index (χ1n) is 6.91. The second-order valence-electron chi connectivity index (χ2n) is 5.37. The third-order valence-corrected chi connectivity index (χ3v) is 3.02. The van der Waals surface area contributed by atoms with E-state index in [0.717, 1.165) is 31.7 Å². The minimum absolute atomic E-state index is 0.251. The number of rotatable bonds is 8. The van der Waals surface area contributed by atoms with Gasteiger partial charge in [-0.3, -0.25) is 0 Å². The topological polar surface area (TPSA) is 45.0 Å². The molecular formula is C16H24N2O. The molecule has 0 radical (unpaired) electrons. The van der Waals surface area contributed by atoms with E-state index >= 15 is 0 Å². The number of benzene rings is 1. The smallest absolute Gasteiger partial charge is 0.119 e. The van der Waals surface area contributed by atoms with E-state index in [1.165, 1.54) is 5.56 Å². The minimum atomic E-state index is -0.251. The predicted molar refractivity (Wildman–Crippen MR) is 77.9 cm³/mol. The fourth-order valence-corrected chi connectivity index (χ4v) is 1.73. The zero-order valence-electron chi connectivity index (χ0n) is 12.2. The SMILES string of the molecule is CCNCc1ccc(OCCCC(C)(C)C#N)cc1. The molecule has 0 aliphatic heterocycles. The number of nitrogens with zero attached hydrogens (tertiary/aromatic N) is 1. The first-order chi connectivity index (χ1) is 9.07. The van der Waals surface area contributed by atoms with E-state index in [1.54, 1.807) is 0 Å². The van der Waals surface area contributed by atoms with Crippen molar-refractivity contribution >= 4 is 0 Å². The molecule has 1 aromatic rings. The van der Waals surface area contributed by atoms with E-state index in [4.69, 9.17) is 10.00 Å². The summed E-state index contributed by atoms with van der Waals surface area (Å²) in [6.07, 6.45) is 1.77. The molecule has 0 aliphatic carbocycles. The number of hydrogen-bond donors (Lipinski definition) is 1. The predicted octanol–water partition coefficient (Wildman–Crippen LogP) is 3.50. The summed E-state index contributed by atoms with van der Waals surface area (Å²) < 4.78 is 5.68. The summed E-state index contributed by atoms with van der Waals surface area (Å²) in [4.78, 5) is 0. The standard InChI is InChI=1S/C16H24N2O/c1-4-18-12-14-6-8-15(9-7-14)19-11-5-10-16(2,3)13-17/h6-9,18H,4-5,10-12H2,1-3H3. The number of ether oxygens (including phenoxy) is 1. The number of hydrogen-bond acceptors (Lipinski definition) is 3. The molecule has 0 atom stereocenters. The van der Waals surface area contributed by atoms with Crippen molar-refractivity contribution in [2.45, 2.75) is 40.2 Å². The van der Waals surface area contributed by atoms with Crippen LogP contribution in [0.25, 0.3) is 0 Å². The Bertz CT molecular complexity index is 404. The molecular weight excluding hydrogens is 236 g/mol. The highest BCUT2D eigenvalue weighted by Gasteiger charge is 2.15. The largest absolute Gasteiger partial charge is 0.494 e. The molecule has 0 unspecified atom stereocenters. The highest BCUT2D eigenvalue weighted by molar-refractivity contribution is 5.27. The fourth-order valence-electron chi connectivity index (χ4n) is 1.73. The van der Waals surface area contributed by atoms with Crippen LogP contribution in [-0.4, -0.2) is 13.2 Å². The molecule has 0 aromatic heterocycles. The van der Waals surface area contributed by atoms with Gasteiger partial charge in [0.15, 0.2) is 0 Å². The van der Waals surface area contributed by atoms with Crippen LogP contribution in [0, 0.1) is 16.7 Å². The van der Waals surface area contributed by atoms with E-state index < -0.39 is 0 Å². The molecule has 3 heteroatoms. The van der Waals surface area contributed by atoms with Gasteiger partial charge in [0.1, 0.15) is 5.75 Å². The van der Waals surface area contributed by atoms with Crippen LogP contribution >= 0.6 is 0 Å². The first-order valence-corrected chi connectivity index (χ1v) is 6.91. The maximum atomic E-state index is 8.92. The van der Waals surface area contributed by atoms with Gasteiger partial charge in [-0.1, -0.05) is 19.1 Å². The summed E-state index contributed by atoms with van der Waals surface area (Å²) in [6.45, 7) is 8.56. The van der Waals surface area contributed by atoms with Gasteiger partial charge in [0.25, 0.3) is 0 Å². The quantitative estimate of drug-likeness (QED) is 0.728. The van der Waals surface area contributed by atoms with Gasteiger partial charge in [-0.15, -0.1) is 0 Å². The van der Waals surface area contributed by atoms with Gasteiger partial charge in [0, 0.05) is 6.54 Å². The van der Waals surface area contributed by atoms with Crippen molar-refractivity contribution in [3.05, 3.63) is 29.8 Å². The van der Waals surface area contributed by atoms with Crippen LogP contribution in [0.4, 0.5) is 0 Å². The van der Waals surface area contributed by atoms with Gasteiger partial charge in [-0.25, -0.2) is 0 Å². The van der Waals surface area contributed by atoms with E-state index in [9.17, 15) is 0 Å². The van der Waals surface area contributed by atoms with Gasteiger partial charge in [-0.05, 0) is 50.9 Å². The summed E-state index contributed by atoms with van der Waals surface area (Å²) in [7, 11) is 0. The average Bonchev–Trinajstić information content (AvgIpc) is 2.42. The first kappa shape index (κ1) is 15.5. The monoisotopic (exact) mass is 260 g/mol. The highest BCUT2D eigenvalue weighted by atomic mass is 16.5. The molecule has 0 fully saturated rings.